The van der Waals surface area contributed by atoms with E-state index in [1.54, 1.807) is 17.5 Å². The topological polar surface area (TPSA) is 211 Å². The molecule has 508 valence electrons. The van der Waals surface area contributed by atoms with Crippen molar-refractivity contribution >= 4 is 69.4 Å². The van der Waals surface area contributed by atoms with Crippen LogP contribution in [0, 0.1) is 0 Å². The molecule has 3 fully saturated rings. The first-order valence-electron chi connectivity index (χ1n) is 34.1. The number of carbonyl (C=O) groups excluding carboxylic acids is 1. The molecule has 0 radical (unpaired) electrons. The van der Waals surface area contributed by atoms with Crippen LogP contribution in [0.4, 0.5) is 34.9 Å². The van der Waals surface area contributed by atoms with Gasteiger partial charge in [0.1, 0.15) is 37.1 Å². The lowest BCUT2D eigenvalue weighted by atomic mass is 10.1. The summed E-state index contributed by atoms with van der Waals surface area (Å²) in [5, 5.41) is 33.3. The first-order valence-corrected chi connectivity index (χ1v) is 34.7. The number of benzene rings is 6. The summed E-state index contributed by atoms with van der Waals surface area (Å²) in [5.41, 5.74) is 13.0. The maximum absolute atomic E-state index is 12.2. The van der Waals surface area contributed by atoms with Crippen molar-refractivity contribution in [1.82, 2.24) is 58.5 Å². The summed E-state index contributed by atoms with van der Waals surface area (Å²) in [7, 11) is 0. The molecular formula is C77H82ClN15O6. The van der Waals surface area contributed by atoms with Crippen LogP contribution in [0.2, 0.25) is 0 Å². The molecule has 3 aliphatic heterocycles. The Kier molecular flexibility index (Phi) is 22.5. The van der Waals surface area contributed by atoms with Gasteiger partial charge in [-0.25, -0.2) is 18.3 Å². The van der Waals surface area contributed by atoms with Crippen molar-refractivity contribution in [3.8, 4) is 51.0 Å². The summed E-state index contributed by atoms with van der Waals surface area (Å²) in [6, 6.07) is 64.6. The van der Waals surface area contributed by atoms with Crippen LogP contribution in [-0.2, 0) is 17.2 Å². The fourth-order valence-electron chi connectivity index (χ4n) is 12.4. The Balaban J connectivity index is 0.000000134. The van der Waals surface area contributed by atoms with Crippen molar-refractivity contribution in [1.29, 1.82) is 0 Å². The summed E-state index contributed by atoms with van der Waals surface area (Å²) >= 11 is 6.01. The number of anilines is 6. The zero-order valence-electron chi connectivity index (χ0n) is 55.6. The van der Waals surface area contributed by atoms with E-state index < -0.39 is 0 Å². The second-order valence-corrected chi connectivity index (χ2v) is 24.8. The van der Waals surface area contributed by atoms with Gasteiger partial charge in [0.05, 0.1) is 35.9 Å². The molecule has 4 N–H and O–H groups in total. The first-order chi connectivity index (χ1) is 48.8. The quantitative estimate of drug-likeness (QED) is 0.0310. The molecule has 22 heteroatoms. The first kappa shape index (κ1) is 67.2. The van der Waals surface area contributed by atoms with Crippen molar-refractivity contribution in [3.63, 3.8) is 0 Å². The van der Waals surface area contributed by atoms with E-state index in [0.29, 0.717) is 61.4 Å². The minimum absolute atomic E-state index is 0.00590. The summed E-state index contributed by atoms with van der Waals surface area (Å²) < 4.78 is 28.2. The van der Waals surface area contributed by atoms with Crippen LogP contribution in [0.5, 0.6) is 17.2 Å². The van der Waals surface area contributed by atoms with E-state index in [4.69, 9.17) is 30.5 Å². The number of likely N-dealkylation sites (tertiary alicyclic amines) is 3. The van der Waals surface area contributed by atoms with Crippen molar-refractivity contribution in [3.05, 3.63) is 217 Å². The van der Waals surface area contributed by atoms with Gasteiger partial charge in [0.2, 0.25) is 17.8 Å². The molecule has 0 saturated carbocycles. The number of rotatable bonds is 25. The number of hydrogen-bond donors (Lipinski definition) is 4. The maximum atomic E-state index is 12.2. The highest BCUT2D eigenvalue weighted by Crippen LogP contribution is 2.29. The molecule has 21 nitrogen and oxygen atoms in total. The average molecular weight is 1350 g/mol. The third kappa shape index (κ3) is 17.8. The molecule has 12 aromatic rings. The van der Waals surface area contributed by atoms with E-state index in [1.165, 1.54) is 77.8 Å². The number of aliphatic hydroxyl groups is 1. The molecular weight excluding hydrogens is 1270 g/mol. The smallest absolute Gasteiger partial charge is 0.338 e. The van der Waals surface area contributed by atoms with Gasteiger partial charge in [-0.15, -0.1) is 26.9 Å². The molecule has 6 aromatic carbocycles. The van der Waals surface area contributed by atoms with Gasteiger partial charge < -0.3 is 40.0 Å². The zero-order chi connectivity index (χ0) is 67.5. The van der Waals surface area contributed by atoms with Gasteiger partial charge in [0.15, 0.2) is 16.9 Å². The number of nitrogens with one attached hydrogen (secondary N) is 3. The standard InChI is InChI=1S/C27H29N5O3.C25H26ClN5O.C25H27N5O2/c1-2-34-26(33)21-8-5-7-20(19-21)24-9-6-10-25-29-27(30-32(24)25)28-22-11-13-23(14-12-22)35-18-17-31-15-3-4-16-31;26-18-19-5-3-6-20(17-19)23-7-4-8-24-28-25(29-31(23)24)27-21-9-11-22(12-10-21)32-16-15-30-13-1-2-14-30;31-18-19-5-3-6-20(17-19)23-7-4-8-24-27-25(28-30(23)24)26-21-9-11-22(12-10-21)32-16-15-29-13-1-2-14-29/h5-14,19H,2-4,15-18H2,1H3,(H,28,30);3-12,17H,1-2,13-16,18H2,(H,27,29);3-12,17,31H,1-2,13-16,18H2,(H,26,28). The molecule has 0 spiro atoms. The predicted octanol–water partition coefficient (Wildman–Crippen LogP) is 14.3. The molecule has 0 bridgehead atoms. The van der Waals surface area contributed by atoms with Crippen LogP contribution < -0.4 is 30.2 Å². The Labute approximate surface area is 580 Å². The number of fused-ring (bicyclic) bond motifs is 3. The third-order valence-electron chi connectivity index (χ3n) is 17.5. The SMILES string of the molecule is CCOC(=O)c1cccc(-c2cccc3nc(Nc4ccc(OCCN5CCCC5)cc4)nn23)c1.ClCc1cccc(-c2cccc3nc(Nc4ccc(OCCN5CCCC5)cc4)nn23)c1.OCc1cccc(-c2cccc3nc(Nc4ccc(OCCN5CCCC5)cc4)nn23)c1. The second-order valence-electron chi connectivity index (χ2n) is 24.5. The van der Waals surface area contributed by atoms with E-state index in [0.717, 1.165) is 110 Å². The molecule has 99 heavy (non-hydrogen) atoms. The normalized spacial score (nSPS) is 14.0. The summed E-state index contributed by atoms with van der Waals surface area (Å²) in [4.78, 5) is 33.3. The number of hydrogen-bond acceptors (Lipinski definition) is 18. The molecule has 15 rings (SSSR count). The van der Waals surface area contributed by atoms with Crippen molar-refractivity contribution < 1.29 is 28.8 Å². The minimum Gasteiger partial charge on any atom is -0.492 e. The van der Waals surface area contributed by atoms with Gasteiger partial charge in [-0.05, 0) is 229 Å². The van der Waals surface area contributed by atoms with Crippen LogP contribution in [0.1, 0.15) is 66.9 Å². The Morgan fingerprint density at radius 1 is 0.434 bits per heavy atom. The molecule has 0 atom stereocenters. The number of aromatic nitrogens is 9. The van der Waals surface area contributed by atoms with Gasteiger partial charge in [-0.1, -0.05) is 66.7 Å². The number of aliphatic hydroxyl groups excluding tert-OH is 1. The lowest BCUT2D eigenvalue weighted by Crippen LogP contribution is -2.25. The fraction of sp³-hybridized carbons (Fsp3) is 0.286. The van der Waals surface area contributed by atoms with Crippen LogP contribution in [0.3, 0.4) is 0 Å². The summed E-state index contributed by atoms with van der Waals surface area (Å²) in [5.74, 6) is 4.29. The van der Waals surface area contributed by atoms with Gasteiger partial charge in [-0.3, -0.25) is 14.7 Å². The molecule has 3 saturated heterocycles. The van der Waals surface area contributed by atoms with Gasteiger partial charge in [0.25, 0.3) is 0 Å². The highest BCUT2D eigenvalue weighted by atomic mass is 35.5. The number of halogens is 1. The Morgan fingerprint density at radius 2 is 0.778 bits per heavy atom. The van der Waals surface area contributed by atoms with Gasteiger partial charge in [0, 0.05) is 59.3 Å². The monoisotopic (exact) mass is 1350 g/mol. The lowest BCUT2D eigenvalue weighted by Gasteiger charge is -2.15. The predicted molar refractivity (Wildman–Crippen MR) is 389 cm³/mol. The average Bonchev–Trinajstić information content (AvgIpc) is 1.79. The molecule has 0 amide bonds. The summed E-state index contributed by atoms with van der Waals surface area (Å²) in [6.45, 7) is 14.3. The maximum Gasteiger partial charge on any atom is 0.338 e. The largest absolute Gasteiger partial charge is 0.492 e. The number of esters is 1. The Bertz CT molecular complexity index is 4400. The van der Waals surface area contributed by atoms with E-state index in [9.17, 15) is 9.90 Å². The number of nitrogens with zero attached hydrogens (tertiary/aromatic N) is 12. The number of ether oxygens (including phenoxy) is 4. The number of pyridine rings is 3. The zero-order valence-corrected chi connectivity index (χ0v) is 56.4. The molecule has 3 aliphatic rings. The van der Waals surface area contributed by atoms with E-state index >= 15 is 0 Å². The van der Waals surface area contributed by atoms with Gasteiger partial charge in [-0.2, -0.15) is 15.0 Å². The summed E-state index contributed by atoms with van der Waals surface area (Å²) in [6.07, 6.45) is 7.79. The minimum atomic E-state index is -0.342. The lowest BCUT2D eigenvalue weighted by molar-refractivity contribution is 0.0526. The third-order valence-corrected chi connectivity index (χ3v) is 17.8. The van der Waals surface area contributed by atoms with Gasteiger partial charge >= 0.3 is 5.97 Å². The molecule has 0 unspecified atom stereocenters. The number of alkyl halides is 1. The van der Waals surface area contributed by atoms with Crippen molar-refractivity contribution in [2.45, 2.75) is 57.9 Å². The van der Waals surface area contributed by atoms with Crippen LogP contribution in [0.15, 0.2) is 200 Å². The molecule has 0 aliphatic carbocycles. The molecule has 6 aromatic heterocycles. The van der Waals surface area contributed by atoms with Crippen LogP contribution in [0.25, 0.3) is 50.7 Å². The van der Waals surface area contributed by atoms with Crippen molar-refractivity contribution in [2.24, 2.45) is 0 Å². The van der Waals surface area contributed by atoms with Crippen LogP contribution in [-0.4, -0.2) is 155 Å². The van der Waals surface area contributed by atoms with Crippen molar-refractivity contribution in [2.75, 3.05) is 101 Å². The molecule has 9 heterocycles. The van der Waals surface area contributed by atoms with E-state index in [-0.39, 0.29) is 12.6 Å². The highest BCUT2D eigenvalue weighted by Gasteiger charge is 2.18. The number of carbonyl (C=O) groups is 1. The van der Waals surface area contributed by atoms with E-state index in [2.05, 4.69) is 73.0 Å². The highest BCUT2D eigenvalue weighted by molar-refractivity contribution is 6.17. The van der Waals surface area contributed by atoms with E-state index in [1.807, 2.05) is 191 Å². The fourth-order valence-corrected chi connectivity index (χ4v) is 12.5. The Morgan fingerprint density at radius 3 is 1.14 bits per heavy atom. The second kappa shape index (κ2) is 33.2. The Hall–Kier alpha value is -10.4. The van der Waals surface area contributed by atoms with Crippen LogP contribution >= 0.6 is 11.6 Å².